The van der Waals surface area contributed by atoms with Gasteiger partial charge in [0.2, 0.25) is 0 Å². The third-order valence-electron chi connectivity index (χ3n) is 4.05. The second-order valence-corrected chi connectivity index (χ2v) is 5.38. The van der Waals surface area contributed by atoms with Crippen molar-refractivity contribution < 1.29 is 4.74 Å². The molecule has 4 heteroatoms. The molecule has 0 spiro atoms. The van der Waals surface area contributed by atoms with Crippen molar-refractivity contribution >= 4 is 0 Å². The molecular formula is C14H21N3O. The standard InChI is InChI=1S/C14H21N3O/c1-3-11-10-5-7-15-9-12(10)17-13(16-11)14(2)6-4-8-18-14/h15H,3-9H2,1-2H3. The van der Waals surface area contributed by atoms with Crippen molar-refractivity contribution in [1.29, 1.82) is 0 Å². The minimum atomic E-state index is -0.267. The highest BCUT2D eigenvalue weighted by Crippen LogP contribution is 2.34. The Kier molecular flexibility index (Phi) is 3.08. The number of hydrogen-bond acceptors (Lipinski definition) is 4. The molecule has 98 valence electrons. The maximum absolute atomic E-state index is 5.87. The lowest BCUT2D eigenvalue weighted by Crippen LogP contribution is -2.31. The van der Waals surface area contributed by atoms with Crippen molar-refractivity contribution in [2.45, 2.75) is 51.7 Å². The monoisotopic (exact) mass is 247 g/mol. The van der Waals surface area contributed by atoms with Gasteiger partial charge in [0.1, 0.15) is 5.60 Å². The van der Waals surface area contributed by atoms with Crippen molar-refractivity contribution in [3.63, 3.8) is 0 Å². The maximum atomic E-state index is 5.87. The Morgan fingerprint density at radius 2 is 2.28 bits per heavy atom. The number of fused-ring (bicyclic) bond motifs is 1. The molecule has 18 heavy (non-hydrogen) atoms. The molecule has 3 heterocycles. The fourth-order valence-electron chi connectivity index (χ4n) is 2.92. The Hall–Kier alpha value is -1.00. The molecule has 0 aromatic carbocycles. The van der Waals surface area contributed by atoms with Gasteiger partial charge >= 0.3 is 0 Å². The largest absolute Gasteiger partial charge is 0.367 e. The third-order valence-corrected chi connectivity index (χ3v) is 4.05. The fraction of sp³-hybridized carbons (Fsp3) is 0.714. The topological polar surface area (TPSA) is 47.0 Å². The maximum Gasteiger partial charge on any atom is 0.160 e. The summed E-state index contributed by atoms with van der Waals surface area (Å²) in [5, 5.41) is 3.39. The Morgan fingerprint density at radius 1 is 1.39 bits per heavy atom. The van der Waals surface area contributed by atoms with Gasteiger partial charge in [0.15, 0.2) is 5.82 Å². The predicted molar refractivity (Wildman–Crippen MR) is 69.4 cm³/mol. The summed E-state index contributed by atoms with van der Waals surface area (Å²) in [6, 6.07) is 0. The van der Waals surface area contributed by atoms with Crippen LogP contribution in [0.25, 0.3) is 0 Å². The summed E-state index contributed by atoms with van der Waals surface area (Å²) >= 11 is 0. The predicted octanol–water partition coefficient (Wildman–Crippen LogP) is 1.71. The van der Waals surface area contributed by atoms with Crippen LogP contribution in [0.1, 0.15) is 49.5 Å². The van der Waals surface area contributed by atoms with E-state index in [4.69, 9.17) is 14.7 Å². The lowest BCUT2D eigenvalue weighted by atomic mass is 9.98. The van der Waals surface area contributed by atoms with Crippen molar-refractivity contribution in [3.05, 3.63) is 22.8 Å². The van der Waals surface area contributed by atoms with E-state index >= 15 is 0 Å². The summed E-state index contributed by atoms with van der Waals surface area (Å²) in [6.45, 7) is 7.03. The molecule has 2 aliphatic rings. The van der Waals surface area contributed by atoms with Crippen LogP contribution in [0, 0.1) is 0 Å². The van der Waals surface area contributed by atoms with Crippen LogP contribution in [0.4, 0.5) is 0 Å². The molecule has 0 amide bonds. The summed E-state index contributed by atoms with van der Waals surface area (Å²) in [6.07, 6.45) is 4.17. The van der Waals surface area contributed by atoms with E-state index in [9.17, 15) is 0 Å². The minimum Gasteiger partial charge on any atom is -0.367 e. The van der Waals surface area contributed by atoms with Crippen LogP contribution in [0.15, 0.2) is 0 Å². The molecule has 1 fully saturated rings. The first-order valence-corrected chi connectivity index (χ1v) is 6.97. The van der Waals surface area contributed by atoms with Gasteiger partial charge in [-0.05, 0) is 44.7 Å². The van der Waals surface area contributed by atoms with Gasteiger partial charge in [-0.2, -0.15) is 0 Å². The highest BCUT2D eigenvalue weighted by Gasteiger charge is 2.36. The Balaban J connectivity index is 2.05. The quantitative estimate of drug-likeness (QED) is 0.864. The van der Waals surface area contributed by atoms with Crippen LogP contribution in [0.3, 0.4) is 0 Å². The van der Waals surface area contributed by atoms with Crippen molar-refractivity contribution in [2.75, 3.05) is 13.2 Å². The van der Waals surface area contributed by atoms with Crippen molar-refractivity contribution in [2.24, 2.45) is 0 Å². The number of rotatable bonds is 2. The van der Waals surface area contributed by atoms with Crippen LogP contribution in [-0.4, -0.2) is 23.1 Å². The van der Waals surface area contributed by atoms with E-state index in [0.29, 0.717) is 0 Å². The number of nitrogens with one attached hydrogen (secondary N) is 1. The Bertz CT molecular complexity index is 435. The van der Waals surface area contributed by atoms with Gasteiger partial charge in [-0.1, -0.05) is 6.92 Å². The number of ether oxygens (including phenoxy) is 1. The average Bonchev–Trinajstić information content (AvgIpc) is 2.85. The first kappa shape index (κ1) is 12.1. The summed E-state index contributed by atoms with van der Waals surface area (Å²) in [4.78, 5) is 9.57. The zero-order chi connectivity index (χ0) is 12.6. The molecule has 0 radical (unpaired) electrons. The first-order chi connectivity index (χ1) is 8.73. The van der Waals surface area contributed by atoms with Gasteiger partial charge in [-0.3, -0.25) is 0 Å². The highest BCUT2D eigenvalue weighted by molar-refractivity contribution is 5.29. The van der Waals surface area contributed by atoms with E-state index in [1.54, 1.807) is 0 Å². The number of nitrogens with zero attached hydrogens (tertiary/aromatic N) is 2. The summed E-state index contributed by atoms with van der Waals surface area (Å²) in [7, 11) is 0. The van der Waals surface area contributed by atoms with Gasteiger partial charge in [0, 0.05) is 18.8 Å². The van der Waals surface area contributed by atoms with E-state index in [1.165, 1.54) is 17.0 Å². The van der Waals surface area contributed by atoms with E-state index in [1.807, 2.05) is 0 Å². The fourth-order valence-corrected chi connectivity index (χ4v) is 2.92. The van der Waals surface area contributed by atoms with Crippen LogP contribution >= 0.6 is 0 Å². The summed E-state index contributed by atoms with van der Waals surface area (Å²) in [5.74, 6) is 0.888. The molecule has 1 saturated heterocycles. The highest BCUT2D eigenvalue weighted by atomic mass is 16.5. The molecule has 0 saturated carbocycles. The second kappa shape index (κ2) is 4.59. The summed E-state index contributed by atoms with van der Waals surface area (Å²) < 4.78 is 5.87. The second-order valence-electron chi connectivity index (χ2n) is 5.38. The molecule has 3 rings (SSSR count). The first-order valence-electron chi connectivity index (χ1n) is 6.97. The Morgan fingerprint density at radius 3 is 3.00 bits per heavy atom. The molecule has 1 N–H and O–H groups in total. The number of aryl methyl sites for hydroxylation is 1. The SMILES string of the molecule is CCc1nc(C2(C)CCCO2)nc2c1CCNC2. The smallest absolute Gasteiger partial charge is 0.160 e. The lowest BCUT2D eigenvalue weighted by Gasteiger charge is -2.26. The van der Waals surface area contributed by atoms with Gasteiger partial charge in [-0.15, -0.1) is 0 Å². The molecule has 0 bridgehead atoms. The zero-order valence-corrected chi connectivity index (χ0v) is 11.3. The van der Waals surface area contributed by atoms with E-state index in [0.717, 1.165) is 51.2 Å². The third kappa shape index (κ3) is 1.93. The summed E-state index contributed by atoms with van der Waals surface area (Å²) in [5.41, 5.74) is 3.49. The van der Waals surface area contributed by atoms with Crippen LogP contribution < -0.4 is 5.32 Å². The zero-order valence-electron chi connectivity index (χ0n) is 11.3. The Labute approximate surface area is 108 Å². The lowest BCUT2D eigenvalue weighted by molar-refractivity contribution is 0.00888. The average molecular weight is 247 g/mol. The number of aromatic nitrogens is 2. The molecule has 4 nitrogen and oxygen atoms in total. The number of hydrogen-bond donors (Lipinski definition) is 1. The molecule has 1 atom stereocenters. The van der Waals surface area contributed by atoms with Crippen LogP contribution in [-0.2, 0) is 29.7 Å². The van der Waals surface area contributed by atoms with Crippen molar-refractivity contribution in [3.8, 4) is 0 Å². The van der Waals surface area contributed by atoms with Gasteiger partial charge < -0.3 is 10.1 Å². The van der Waals surface area contributed by atoms with Gasteiger partial charge in [-0.25, -0.2) is 9.97 Å². The van der Waals surface area contributed by atoms with Crippen LogP contribution in [0.5, 0.6) is 0 Å². The van der Waals surface area contributed by atoms with Gasteiger partial charge in [0.25, 0.3) is 0 Å². The van der Waals surface area contributed by atoms with Crippen molar-refractivity contribution in [1.82, 2.24) is 15.3 Å². The minimum absolute atomic E-state index is 0.267. The molecule has 0 aliphatic carbocycles. The van der Waals surface area contributed by atoms with Crippen LogP contribution in [0.2, 0.25) is 0 Å². The van der Waals surface area contributed by atoms with E-state index in [-0.39, 0.29) is 5.60 Å². The van der Waals surface area contributed by atoms with Gasteiger partial charge in [0.05, 0.1) is 5.69 Å². The van der Waals surface area contributed by atoms with E-state index < -0.39 is 0 Å². The molecule has 2 aliphatic heterocycles. The normalized spacial score (nSPS) is 27.2. The molecule has 1 unspecified atom stereocenters. The molecule has 1 aromatic rings. The molecular weight excluding hydrogens is 226 g/mol. The molecule has 1 aromatic heterocycles. The van der Waals surface area contributed by atoms with E-state index in [2.05, 4.69) is 19.2 Å².